The van der Waals surface area contributed by atoms with E-state index in [9.17, 15) is 10.2 Å². The monoisotopic (exact) mass is 428 g/mol. The Morgan fingerprint density at radius 1 is 0.968 bits per heavy atom. The standard InChI is InChI=1S/C29H48O2/c1-18(2)8-12-24(30)19(3)21-10-11-22-20-9-13-25-27(4,5)26(31)15-17-29(25,7)23(20)14-16-28(21,22)6/h11,18-19,21,24-26,30-31H,8-10,12-17H2,1-7H3/t19?,21?,24-,25+,26+,28?,29?/m1/s1. The van der Waals surface area contributed by atoms with Crippen molar-refractivity contribution in [3.05, 3.63) is 22.8 Å². The van der Waals surface area contributed by atoms with Crippen molar-refractivity contribution >= 4 is 0 Å². The van der Waals surface area contributed by atoms with Gasteiger partial charge >= 0.3 is 0 Å². The maximum absolute atomic E-state index is 11.0. The minimum atomic E-state index is -0.179. The second kappa shape index (κ2) is 8.01. The number of allylic oxidation sites excluding steroid dienone is 4. The summed E-state index contributed by atoms with van der Waals surface area (Å²) >= 11 is 0. The van der Waals surface area contributed by atoms with Gasteiger partial charge in [-0.3, -0.25) is 0 Å². The Labute approximate surface area is 191 Å². The van der Waals surface area contributed by atoms with Crippen molar-refractivity contribution in [3.8, 4) is 0 Å². The molecule has 31 heavy (non-hydrogen) atoms. The number of aliphatic hydroxyl groups excluding tert-OH is 2. The van der Waals surface area contributed by atoms with E-state index in [-0.39, 0.29) is 28.5 Å². The van der Waals surface area contributed by atoms with Gasteiger partial charge in [-0.1, -0.05) is 60.1 Å². The number of fused-ring (bicyclic) bond motifs is 4. The third-order valence-corrected chi connectivity index (χ3v) is 10.7. The molecular formula is C29H48O2. The van der Waals surface area contributed by atoms with Gasteiger partial charge in [0.2, 0.25) is 0 Å². The van der Waals surface area contributed by atoms with Crippen LogP contribution in [0.2, 0.25) is 0 Å². The fourth-order valence-corrected chi connectivity index (χ4v) is 8.55. The minimum Gasteiger partial charge on any atom is -0.393 e. The molecule has 176 valence electrons. The number of rotatable bonds is 5. The third kappa shape index (κ3) is 3.59. The molecule has 4 aliphatic carbocycles. The summed E-state index contributed by atoms with van der Waals surface area (Å²) in [5, 5.41) is 21.7. The first-order valence-electron chi connectivity index (χ1n) is 13.2. The molecule has 2 heteroatoms. The van der Waals surface area contributed by atoms with E-state index < -0.39 is 0 Å². The third-order valence-electron chi connectivity index (χ3n) is 10.7. The molecule has 0 amide bonds. The van der Waals surface area contributed by atoms with E-state index in [0.29, 0.717) is 23.7 Å². The number of hydrogen-bond acceptors (Lipinski definition) is 2. The zero-order valence-corrected chi connectivity index (χ0v) is 21.3. The fraction of sp³-hybridized carbons (Fsp3) is 0.862. The Hall–Kier alpha value is -0.600. The normalized spacial score (nSPS) is 41.4. The van der Waals surface area contributed by atoms with Gasteiger partial charge in [-0.25, -0.2) is 0 Å². The van der Waals surface area contributed by atoms with Gasteiger partial charge in [-0.15, -0.1) is 0 Å². The summed E-state index contributed by atoms with van der Waals surface area (Å²) in [5.74, 6) is 2.16. The zero-order chi connectivity index (χ0) is 22.8. The van der Waals surface area contributed by atoms with Crippen LogP contribution in [0.25, 0.3) is 0 Å². The van der Waals surface area contributed by atoms with Crippen molar-refractivity contribution in [2.45, 2.75) is 118 Å². The number of hydrogen-bond donors (Lipinski definition) is 2. The molecule has 2 N–H and O–H groups in total. The quantitative estimate of drug-likeness (QED) is 0.492. The first-order valence-corrected chi connectivity index (χ1v) is 13.2. The Kier molecular flexibility index (Phi) is 6.09. The van der Waals surface area contributed by atoms with Crippen molar-refractivity contribution in [1.82, 2.24) is 0 Å². The van der Waals surface area contributed by atoms with Crippen LogP contribution in [0, 0.1) is 39.9 Å². The molecule has 4 rings (SSSR count). The van der Waals surface area contributed by atoms with Crippen LogP contribution in [-0.2, 0) is 0 Å². The lowest BCUT2D eigenvalue weighted by molar-refractivity contribution is -0.0907. The average molecular weight is 429 g/mol. The largest absolute Gasteiger partial charge is 0.393 e. The summed E-state index contributed by atoms with van der Waals surface area (Å²) in [7, 11) is 0. The highest BCUT2D eigenvalue weighted by Crippen LogP contribution is 2.66. The van der Waals surface area contributed by atoms with Crippen LogP contribution in [0.15, 0.2) is 22.8 Å². The smallest absolute Gasteiger partial charge is 0.0594 e. The SMILES string of the molecule is CC(C)CC[C@@H](O)C(C)C1CC=C2C3=C(CCC21C)C1(C)CC[C@H](O)C(C)(C)[C@@H]1CC3. The van der Waals surface area contributed by atoms with Crippen LogP contribution >= 0.6 is 0 Å². The summed E-state index contributed by atoms with van der Waals surface area (Å²) in [6.07, 6.45) is 12.3. The molecule has 0 aromatic carbocycles. The molecule has 7 atom stereocenters. The van der Waals surface area contributed by atoms with E-state index in [2.05, 4.69) is 54.5 Å². The van der Waals surface area contributed by atoms with Gasteiger partial charge in [-0.05, 0) is 109 Å². The maximum Gasteiger partial charge on any atom is 0.0594 e. The van der Waals surface area contributed by atoms with Crippen LogP contribution in [0.5, 0.6) is 0 Å². The van der Waals surface area contributed by atoms with Crippen LogP contribution in [0.3, 0.4) is 0 Å². The first kappa shape index (κ1) is 23.6. The molecule has 4 unspecified atom stereocenters. The van der Waals surface area contributed by atoms with Crippen LogP contribution < -0.4 is 0 Å². The van der Waals surface area contributed by atoms with Gasteiger partial charge in [0.1, 0.15) is 0 Å². The summed E-state index contributed by atoms with van der Waals surface area (Å²) in [6, 6.07) is 0. The highest BCUT2D eigenvalue weighted by molar-refractivity contribution is 5.49. The number of aliphatic hydroxyl groups is 2. The van der Waals surface area contributed by atoms with E-state index >= 15 is 0 Å². The zero-order valence-electron chi connectivity index (χ0n) is 21.3. The fourth-order valence-electron chi connectivity index (χ4n) is 8.55. The van der Waals surface area contributed by atoms with Crippen LogP contribution in [0.4, 0.5) is 0 Å². The van der Waals surface area contributed by atoms with Crippen LogP contribution in [-0.4, -0.2) is 22.4 Å². The molecule has 1 fully saturated rings. The van der Waals surface area contributed by atoms with Gasteiger partial charge in [0.15, 0.2) is 0 Å². The van der Waals surface area contributed by atoms with Crippen molar-refractivity contribution in [3.63, 3.8) is 0 Å². The van der Waals surface area contributed by atoms with E-state index in [1.807, 2.05) is 0 Å². The second-order valence-electron chi connectivity index (χ2n) is 13.1. The maximum atomic E-state index is 11.0. The average Bonchev–Trinajstić information content (AvgIpc) is 3.06. The summed E-state index contributed by atoms with van der Waals surface area (Å²) in [4.78, 5) is 0. The Morgan fingerprint density at radius 3 is 2.35 bits per heavy atom. The molecule has 0 radical (unpaired) electrons. The molecular weight excluding hydrogens is 380 g/mol. The van der Waals surface area contributed by atoms with Gasteiger partial charge in [-0.2, -0.15) is 0 Å². The molecule has 0 spiro atoms. The molecule has 0 saturated heterocycles. The molecule has 1 saturated carbocycles. The minimum absolute atomic E-state index is 0.00785. The molecule has 0 aliphatic heterocycles. The predicted molar refractivity (Wildman–Crippen MR) is 130 cm³/mol. The van der Waals surface area contributed by atoms with E-state index in [1.165, 1.54) is 25.7 Å². The van der Waals surface area contributed by atoms with Gasteiger partial charge in [0.05, 0.1) is 12.2 Å². The molecule has 0 aromatic heterocycles. The van der Waals surface area contributed by atoms with Crippen LogP contribution in [0.1, 0.15) is 106 Å². The highest BCUT2D eigenvalue weighted by atomic mass is 16.3. The Bertz CT molecular complexity index is 759. The second-order valence-corrected chi connectivity index (χ2v) is 13.1. The summed E-state index contributed by atoms with van der Waals surface area (Å²) < 4.78 is 0. The molecule has 0 heterocycles. The lowest BCUT2D eigenvalue weighted by Crippen LogP contribution is -2.53. The van der Waals surface area contributed by atoms with E-state index in [4.69, 9.17) is 0 Å². The molecule has 4 aliphatic rings. The Balaban J connectivity index is 1.60. The molecule has 2 nitrogen and oxygen atoms in total. The van der Waals surface area contributed by atoms with Gasteiger partial charge < -0.3 is 10.2 Å². The van der Waals surface area contributed by atoms with Gasteiger partial charge in [0, 0.05) is 0 Å². The van der Waals surface area contributed by atoms with Crippen molar-refractivity contribution in [2.75, 3.05) is 0 Å². The lowest BCUT2D eigenvalue weighted by Gasteiger charge is -2.59. The van der Waals surface area contributed by atoms with Gasteiger partial charge in [0.25, 0.3) is 0 Å². The van der Waals surface area contributed by atoms with Crippen molar-refractivity contribution in [2.24, 2.45) is 39.9 Å². The van der Waals surface area contributed by atoms with Crippen molar-refractivity contribution in [1.29, 1.82) is 0 Å². The summed E-state index contributed by atoms with van der Waals surface area (Å²) in [5.41, 5.74) is 5.55. The Morgan fingerprint density at radius 2 is 1.68 bits per heavy atom. The lowest BCUT2D eigenvalue weighted by atomic mass is 9.46. The van der Waals surface area contributed by atoms with E-state index in [0.717, 1.165) is 32.1 Å². The molecule has 0 aromatic rings. The first-order chi connectivity index (χ1) is 14.4. The highest BCUT2D eigenvalue weighted by Gasteiger charge is 2.57. The topological polar surface area (TPSA) is 40.5 Å². The summed E-state index contributed by atoms with van der Waals surface area (Å²) in [6.45, 7) is 16.5. The van der Waals surface area contributed by atoms with Crippen molar-refractivity contribution < 1.29 is 10.2 Å². The van der Waals surface area contributed by atoms with E-state index in [1.54, 1.807) is 16.7 Å². The molecule has 0 bridgehead atoms. The predicted octanol–water partition coefficient (Wildman–Crippen LogP) is 7.06.